The van der Waals surface area contributed by atoms with Gasteiger partial charge in [-0.3, -0.25) is 0 Å². The maximum absolute atomic E-state index is 13.9. The van der Waals surface area contributed by atoms with Crippen LogP contribution in [-0.2, 0) is 0 Å². The van der Waals surface area contributed by atoms with Gasteiger partial charge >= 0.3 is 0 Å². The lowest BCUT2D eigenvalue weighted by atomic mass is 10.1. The fourth-order valence-electron chi connectivity index (χ4n) is 2.06. The molecule has 3 nitrogen and oxygen atoms in total. The van der Waals surface area contributed by atoms with Gasteiger partial charge in [0.2, 0.25) is 0 Å². The van der Waals surface area contributed by atoms with Gasteiger partial charge in [-0.05, 0) is 24.3 Å². The molecule has 0 aliphatic heterocycles. The Bertz CT molecular complexity index is 790. The molecule has 3 rings (SSSR count). The minimum absolute atomic E-state index is 0.337. The second-order valence-corrected chi connectivity index (χ2v) is 5.47. The Hall–Kier alpha value is -1.59. The molecule has 0 bridgehead atoms. The predicted molar refractivity (Wildman–Crippen MR) is 83.7 cm³/mol. The molecule has 1 heterocycles. The summed E-state index contributed by atoms with van der Waals surface area (Å²) >= 11 is 9.53. The number of halogens is 3. The number of hydrogen-bond acceptors (Lipinski definition) is 3. The van der Waals surface area contributed by atoms with Gasteiger partial charge in [0.25, 0.3) is 0 Å². The van der Waals surface area contributed by atoms with Gasteiger partial charge in [-0.15, -0.1) is 0 Å². The highest BCUT2D eigenvalue weighted by Gasteiger charge is 2.18. The van der Waals surface area contributed by atoms with Gasteiger partial charge in [0.1, 0.15) is 22.3 Å². The summed E-state index contributed by atoms with van der Waals surface area (Å²) in [6, 6.07) is 9.90. The molecule has 0 spiro atoms. The van der Waals surface area contributed by atoms with Gasteiger partial charge in [-0.1, -0.05) is 44.8 Å². The van der Waals surface area contributed by atoms with Gasteiger partial charge in [0, 0.05) is 10.9 Å². The zero-order valence-electron chi connectivity index (χ0n) is 10.8. The molecule has 0 aliphatic carbocycles. The topological polar surface area (TPSA) is 35.3 Å². The van der Waals surface area contributed by atoms with Crippen molar-refractivity contribution in [3.8, 4) is 17.0 Å². The molecule has 0 radical (unpaired) electrons. The largest absolute Gasteiger partial charge is 0.491 e. The average Bonchev–Trinajstić information content (AvgIpc) is 2.92. The van der Waals surface area contributed by atoms with Gasteiger partial charge in [-0.25, -0.2) is 4.39 Å². The number of benzene rings is 2. The smallest absolute Gasteiger partial charge is 0.189 e. The van der Waals surface area contributed by atoms with Crippen LogP contribution in [0.25, 0.3) is 22.2 Å². The summed E-state index contributed by atoms with van der Waals surface area (Å²) in [4.78, 5) is 0. The van der Waals surface area contributed by atoms with Crippen molar-refractivity contribution >= 4 is 38.5 Å². The highest BCUT2D eigenvalue weighted by molar-refractivity contribution is 9.09. The number of alkyl halides is 1. The number of fused-ring (bicyclic) bond motifs is 1. The van der Waals surface area contributed by atoms with E-state index in [1.54, 1.807) is 30.3 Å². The third-order valence-corrected chi connectivity index (χ3v) is 3.69. The second-order valence-electron chi connectivity index (χ2n) is 4.30. The van der Waals surface area contributed by atoms with Crippen molar-refractivity contribution in [1.82, 2.24) is 5.16 Å². The van der Waals surface area contributed by atoms with Gasteiger partial charge in [0.15, 0.2) is 5.58 Å². The van der Waals surface area contributed by atoms with E-state index < -0.39 is 0 Å². The lowest BCUT2D eigenvalue weighted by Crippen LogP contribution is -1.98. The van der Waals surface area contributed by atoms with Crippen LogP contribution in [0.3, 0.4) is 0 Å². The zero-order chi connectivity index (χ0) is 14.8. The molecule has 21 heavy (non-hydrogen) atoms. The molecule has 0 unspecified atom stereocenters. The van der Waals surface area contributed by atoms with Crippen LogP contribution in [0.5, 0.6) is 5.75 Å². The monoisotopic (exact) mass is 369 g/mol. The van der Waals surface area contributed by atoms with Gasteiger partial charge < -0.3 is 9.26 Å². The maximum Gasteiger partial charge on any atom is 0.189 e. The molecule has 0 N–H and O–H groups in total. The van der Waals surface area contributed by atoms with Crippen LogP contribution >= 0.6 is 27.5 Å². The fourth-order valence-corrected chi connectivity index (χ4v) is 2.48. The van der Waals surface area contributed by atoms with E-state index in [1.165, 1.54) is 6.07 Å². The second kappa shape index (κ2) is 6.03. The van der Waals surface area contributed by atoms with Crippen LogP contribution in [0.1, 0.15) is 0 Å². The van der Waals surface area contributed by atoms with Crippen LogP contribution < -0.4 is 4.74 Å². The lowest BCUT2D eigenvalue weighted by Gasteiger charge is -2.06. The zero-order valence-corrected chi connectivity index (χ0v) is 13.1. The van der Waals surface area contributed by atoms with Crippen LogP contribution in [0.2, 0.25) is 5.02 Å². The van der Waals surface area contributed by atoms with Crippen molar-refractivity contribution in [1.29, 1.82) is 0 Å². The number of hydrogen-bond donors (Lipinski definition) is 0. The Balaban J connectivity index is 2.12. The first-order valence-corrected chi connectivity index (χ1v) is 7.74. The number of ether oxygens (including phenoxy) is 1. The molecule has 6 heteroatoms. The molecule has 108 valence electrons. The molecule has 0 aliphatic rings. The molecule has 2 aromatic carbocycles. The third kappa shape index (κ3) is 2.63. The molecule has 0 saturated heterocycles. The highest BCUT2D eigenvalue weighted by Crippen LogP contribution is 2.38. The van der Waals surface area contributed by atoms with Crippen LogP contribution in [0.15, 0.2) is 40.9 Å². The Kier molecular flexibility index (Phi) is 4.12. The normalized spacial score (nSPS) is 11.0. The summed E-state index contributed by atoms with van der Waals surface area (Å²) in [6.07, 6.45) is 0. The van der Waals surface area contributed by atoms with Gasteiger partial charge in [0.05, 0.1) is 12.0 Å². The van der Waals surface area contributed by atoms with Crippen molar-refractivity contribution in [2.45, 2.75) is 0 Å². The standard InChI is InChI=1S/C15H10BrClFNO2/c16-7-8-20-12-6-5-10-14(19-21-15(10)13(12)17)9-3-1-2-4-11(9)18/h1-6H,7-8H2. The summed E-state index contributed by atoms with van der Waals surface area (Å²) in [6.45, 7) is 0.486. The quantitative estimate of drug-likeness (QED) is 0.602. The van der Waals surface area contributed by atoms with Crippen LogP contribution in [0, 0.1) is 5.82 Å². The summed E-state index contributed by atoms with van der Waals surface area (Å²) in [5.74, 6) is 0.156. The molecular formula is C15H10BrClFNO2. The third-order valence-electron chi connectivity index (χ3n) is 3.01. The molecular weight excluding hydrogens is 361 g/mol. The number of nitrogens with zero attached hydrogens (tertiary/aromatic N) is 1. The van der Waals surface area contributed by atoms with E-state index in [9.17, 15) is 4.39 Å². The molecule has 0 atom stereocenters. The Labute approximate surface area is 133 Å². The van der Waals surface area contributed by atoms with Crippen molar-refractivity contribution in [2.75, 3.05) is 11.9 Å². The van der Waals surface area contributed by atoms with E-state index in [-0.39, 0.29) is 5.82 Å². The maximum atomic E-state index is 13.9. The fraction of sp³-hybridized carbons (Fsp3) is 0.133. The molecule has 0 amide bonds. The Morgan fingerprint density at radius 2 is 2.05 bits per heavy atom. The lowest BCUT2D eigenvalue weighted by molar-refractivity contribution is 0.344. The SMILES string of the molecule is Fc1ccccc1-c1noc2c(Cl)c(OCCBr)ccc12. The van der Waals surface area contributed by atoms with E-state index >= 15 is 0 Å². The molecule has 1 aromatic heterocycles. The molecule has 3 aromatic rings. The number of aromatic nitrogens is 1. The highest BCUT2D eigenvalue weighted by atomic mass is 79.9. The Morgan fingerprint density at radius 3 is 2.81 bits per heavy atom. The summed E-state index contributed by atoms with van der Waals surface area (Å²) in [5.41, 5.74) is 1.19. The molecule has 0 fully saturated rings. The van der Waals surface area contributed by atoms with Gasteiger partial charge in [-0.2, -0.15) is 0 Å². The van der Waals surface area contributed by atoms with Crippen molar-refractivity contribution in [3.63, 3.8) is 0 Å². The number of rotatable bonds is 4. The van der Waals surface area contributed by atoms with E-state index in [2.05, 4.69) is 21.1 Å². The van der Waals surface area contributed by atoms with Crippen LogP contribution in [-0.4, -0.2) is 17.1 Å². The van der Waals surface area contributed by atoms with Crippen molar-refractivity contribution in [3.05, 3.63) is 47.2 Å². The minimum atomic E-state index is -0.358. The van der Waals surface area contributed by atoms with Crippen molar-refractivity contribution in [2.24, 2.45) is 0 Å². The van der Waals surface area contributed by atoms with E-state index in [4.69, 9.17) is 20.9 Å². The first-order valence-electron chi connectivity index (χ1n) is 6.24. The minimum Gasteiger partial charge on any atom is -0.491 e. The average molecular weight is 371 g/mol. The Morgan fingerprint density at radius 1 is 1.24 bits per heavy atom. The predicted octanol–water partition coefficient (Wildman–Crippen LogP) is 5.06. The first kappa shape index (κ1) is 14.4. The van der Waals surface area contributed by atoms with Crippen LogP contribution in [0.4, 0.5) is 4.39 Å². The molecule has 0 saturated carbocycles. The van der Waals surface area contributed by atoms with E-state index in [0.29, 0.717) is 44.9 Å². The summed E-state index contributed by atoms with van der Waals surface area (Å²) in [5, 5.41) is 5.62. The summed E-state index contributed by atoms with van der Waals surface area (Å²) in [7, 11) is 0. The van der Waals surface area contributed by atoms with Crippen molar-refractivity contribution < 1.29 is 13.7 Å². The first-order chi connectivity index (χ1) is 10.2. The van der Waals surface area contributed by atoms with E-state index in [0.717, 1.165) is 0 Å². The van der Waals surface area contributed by atoms with E-state index in [1.807, 2.05) is 0 Å². The summed E-state index contributed by atoms with van der Waals surface area (Å²) < 4.78 is 24.6.